The first-order chi connectivity index (χ1) is 11.5. The van der Waals surface area contributed by atoms with Gasteiger partial charge in [0, 0.05) is 10.5 Å². The number of carbonyl (C=O) groups is 1. The third-order valence-electron chi connectivity index (χ3n) is 4.05. The van der Waals surface area contributed by atoms with Gasteiger partial charge < -0.3 is 9.84 Å². The Hall–Kier alpha value is -2.28. The van der Waals surface area contributed by atoms with Crippen molar-refractivity contribution in [2.24, 2.45) is 4.99 Å². The zero-order valence-electron chi connectivity index (χ0n) is 13.6. The van der Waals surface area contributed by atoms with E-state index >= 15 is 0 Å². The quantitative estimate of drug-likeness (QED) is 0.371. The number of aliphatic hydroxyl groups excluding tert-OH is 1. The van der Waals surface area contributed by atoms with Gasteiger partial charge in [0.15, 0.2) is 0 Å². The van der Waals surface area contributed by atoms with E-state index in [0.717, 1.165) is 12.8 Å². The molecule has 7 nitrogen and oxygen atoms in total. The standard InChI is InChI=1S/C17H22N2O5/c1-2-24-17(21)16(19(22)23)15(12-8-4-3-5-9-12)18-13-10-6-7-11-14(13)20/h3-5,8-9,13-14,16,20H,2,6-7,10-11H2,1H3. The van der Waals surface area contributed by atoms with Gasteiger partial charge in [-0.15, -0.1) is 0 Å². The molecule has 24 heavy (non-hydrogen) atoms. The van der Waals surface area contributed by atoms with Gasteiger partial charge in [0.25, 0.3) is 0 Å². The van der Waals surface area contributed by atoms with Gasteiger partial charge in [-0.25, -0.2) is 4.79 Å². The van der Waals surface area contributed by atoms with E-state index < -0.39 is 29.1 Å². The Kier molecular flexibility index (Phi) is 6.43. The van der Waals surface area contributed by atoms with Crippen LogP contribution in [0, 0.1) is 10.1 Å². The number of hydrogen-bond donors (Lipinski definition) is 1. The maximum Gasteiger partial charge on any atom is 0.388 e. The molecule has 7 heteroatoms. The Morgan fingerprint density at radius 2 is 2.04 bits per heavy atom. The molecule has 0 bridgehead atoms. The number of carbonyl (C=O) groups excluding carboxylic acids is 1. The third kappa shape index (κ3) is 4.38. The molecule has 130 valence electrons. The van der Waals surface area contributed by atoms with Crippen LogP contribution in [0.25, 0.3) is 0 Å². The van der Waals surface area contributed by atoms with Crippen LogP contribution in [-0.4, -0.2) is 46.5 Å². The molecule has 0 saturated heterocycles. The van der Waals surface area contributed by atoms with E-state index in [2.05, 4.69) is 4.99 Å². The molecule has 1 aromatic rings. The predicted octanol–water partition coefficient (Wildman–Crippen LogP) is 1.99. The van der Waals surface area contributed by atoms with Crippen LogP contribution in [-0.2, 0) is 9.53 Å². The number of aliphatic hydroxyl groups is 1. The zero-order valence-corrected chi connectivity index (χ0v) is 13.6. The molecule has 3 atom stereocenters. The number of aliphatic imine (C=N–C) groups is 1. The van der Waals surface area contributed by atoms with Crippen molar-refractivity contribution >= 4 is 11.7 Å². The lowest BCUT2D eigenvalue weighted by molar-refractivity contribution is -0.491. The molecular formula is C17H22N2O5. The lowest BCUT2D eigenvalue weighted by Crippen LogP contribution is -2.41. The molecule has 3 unspecified atom stereocenters. The SMILES string of the molecule is CCOC(=O)C(C(=NC1CCCCC1O)c1ccccc1)[N+](=O)[O-]. The molecule has 0 amide bonds. The van der Waals surface area contributed by atoms with Gasteiger partial charge in [0.05, 0.1) is 18.8 Å². The van der Waals surface area contributed by atoms with Crippen molar-refractivity contribution in [3.05, 3.63) is 46.0 Å². The van der Waals surface area contributed by atoms with Crippen molar-refractivity contribution in [3.63, 3.8) is 0 Å². The normalized spacial score (nSPS) is 22.7. The number of ether oxygens (including phenoxy) is 1. The van der Waals surface area contributed by atoms with Gasteiger partial charge in [0.1, 0.15) is 5.71 Å². The molecule has 1 aromatic carbocycles. The van der Waals surface area contributed by atoms with E-state index in [1.807, 2.05) is 0 Å². The average molecular weight is 334 g/mol. The summed E-state index contributed by atoms with van der Waals surface area (Å²) in [5.74, 6) is -0.935. The van der Waals surface area contributed by atoms with Gasteiger partial charge in [-0.2, -0.15) is 0 Å². The summed E-state index contributed by atoms with van der Waals surface area (Å²) in [6, 6.07) is 6.44. The Labute approximate surface area is 140 Å². The van der Waals surface area contributed by atoms with Crippen LogP contribution in [0.4, 0.5) is 0 Å². The van der Waals surface area contributed by atoms with E-state index in [-0.39, 0.29) is 12.3 Å². The van der Waals surface area contributed by atoms with Crippen molar-refractivity contribution in [1.82, 2.24) is 0 Å². The minimum absolute atomic E-state index is 0.0463. The fraction of sp³-hybridized carbons (Fsp3) is 0.529. The molecule has 1 fully saturated rings. The highest BCUT2D eigenvalue weighted by Crippen LogP contribution is 2.23. The molecule has 0 aliphatic heterocycles. The van der Waals surface area contributed by atoms with E-state index in [1.54, 1.807) is 37.3 Å². The monoisotopic (exact) mass is 334 g/mol. The molecule has 0 heterocycles. The number of hydrogen-bond acceptors (Lipinski definition) is 6. The highest BCUT2D eigenvalue weighted by atomic mass is 16.6. The van der Waals surface area contributed by atoms with Crippen molar-refractivity contribution in [3.8, 4) is 0 Å². The second kappa shape index (κ2) is 8.54. The first-order valence-electron chi connectivity index (χ1n) is 8.16. The van der Waals surface area contributed by atoms with Crippen LogP contribution >= 0.6 is 0 Å². The summed E-state index contributed by atoms with van der Waals surface area (Å²) in [5, 5.41) is 21.6. The third-order valence-corrected chi connectivity index (χ3v) is 4.05. The smallest absolute Gasteiger partial charge is 0.388 e. The van der Waals surface area contributed by atoms with Gasteiger partial charge in [0.2, 0.25) is 0 Å². The molecule has 1 aliphatic rings. The number of esters is 1. The topological polar surface area (TPSA) is 102 Å². The van der Waals surface area contributed by atoms with Crippen LogP contribution in [0.15, 0.2) is 35.3 Å². The van der Waals surface area contributed by atoms with E-state index in [9.17, 15) is 20.0 Å². The van der Waals surface area contributed by atoms with Gasteiger partial charge >= 0.3 is 12.0 Å². The highest BCUT2D eigenvalue weighted by Gasteiger charge is 2.39. The maximum atomic E-state index is 12.1. The predicted molar refractivity (Wildman–Crippen MR) is 88.7 cm³/mol. The van der Waals surface area contributed by atoms with Crippen LogP contribution in [0.1, 0.15) is 38.2 Å². The van der Waals surface area contributed by atoms with Crippen LogP contribution in [0.5, 0.6) is 0 Å². The van der Waals surface area contributed by atoms with Gasteiger partial charge in [-0.3, -0.25) is 15.1 Å². The van der Waals surface area contributed by atoms with E-state index in [1.165, 1.54) is 0 Å². The Balaban J connectivity index is 2.45. The second-order valence-corrected chi connectivity index (χ2v) is 5.74. The zero-order chi connectivity index (χ0) is 17.5. The molecular weight excluding hydrogens is 312 g/mol. The first kappa shape index (κ1) is 18.1. The second-order valence-electron chi connectivity index (χ2n) is 5.74. The summed E-state index contributed by atoms with van der Waals surface area (Å²) in [5.41, 5.74) is 0.537. The highest BCUT2D eigenvalue weighted by molar-refractivity contribution is 6.14. The van der Waals surface area contributed by atoms with Crippen LogP contribution < -0.4 is 0 Å². The van der Waals surface area contributed by atoms with Crippen molar-refractivity contribution < 1.29 is 19.6 Å². The average Bonchev–Trinajstić information content (AvgIpc) is 2.57. The summed E-state index contributed by atoms with van der Waals surface area (Å²) in [4.78, 5) is 27.4. The summed E-state index contributed by atoms with van der Waals surface area (Å²) in [6.45, 7) is 1.65. The summed E-state index contributed by atoms with van der Waals surface area (Å²) < 4.78 is 4.86. The minimum atomic E-state index is -1.69. The summed E-state index contributed by atoms with van der Waals surface area (Å²) in [6.07, 6.45) is 2.41. The molecule has 0 spiro atoms. The molecule has 0 radical (unpaired) electrons. The molecule has 1 saturated carbocycles. The maximum absolute atomic E-state index is 12.1. The molecule has 1 N–H and O–H groups in total. The van der Waals surface area contributed by atoms with Crippen LogP contribution in [0.3, 0.4) is 0 Å². The van der Waals surface area contributed by atoms with Crippen molar-refractivity contribution in [2.45, 2.75) is 50.8 Å². The Morgan fingerprint density at radius 1 is 1.38 bits per heavy atom. The molecule has 1 aliphatic carbocycles. The number of benzene rings is 1. The largest absolute Gasteiger partial charge is 0.461 e. The number of rotatable bonds is 6. The Morgan fingerprint density at radius 3 is 2.62 bits per heavy atom. The fourth-order valence-electron chi connectivity index (χ4n) is 2.85. The van der Waals surface area contributed by atoms with Gasteiger partial charge in [-0.1, -0.05) is 43.2 Å². The first-order valence-corrected chi connectivity index (χ1v) is 8.16. The van der Waals surface area contributed by atoms with Crippen molar-refractivity contribution in [2.75, 3.05) is 6.61 Å². The lowest BCUT2D eigenvalue weighted by atomic mass is 9.92. The van der Waals surface area contributed by atoms with Gasteiger partial charge in [-0.05, 0) is 19.8 Å². The molecule has 2 rings (SSSR count). The molecule has 0 aromatic heterocycles. The summed E-state index contributed by atoms with van der Waals surface area (Å²) in [7, 11) is 0. The van der Waals surface area contributed by atoms with E-state index in [0.29, 0.717) is 18.4 Å². The van der Waals surface area contributed by atoms with Crippen LogP contribution in [0.2, 0.25) is 0 Å². The van der Waals surface area contributed by atoms with Crippen molar-refractivity contribution in [1.29, 1.82) is 0 Å². The lowest BCUT2D eigenvalue weighted by Gasteiger charge is -2.25. The number of nitro groups is 1. The Bertz CT molecular complexity index is 602. The number of nitrogens with zero attached hydrogens (tertiary/aromatic N) is 2. The van der Waals surface area contributed by atoms with E-state index in [4.69, 9.17) is 4.74 Å². The minimum Gasteiger partial charge on any atom is -0.461 e. The summed E-state index contributed by atoms with van der Waals surface area (Å²) >= 11 is 0. The fourth-order valence-corrected chi connectivity index (χ4v) is 2.85.